The molecule has 156 valence electrons. The molecule has 0 heteroatoms. The number of fused-ring (bicyclic) bond motifs is 5. The molecule has 32 heavy (non-hydrogen) atoms. The monoisotopic (exact) mass is 412 g/mol. The highest BCUT2D eigenvalue weighted by Crippen LogP contribution is 2.37. The molecule has 2 bridgehead atoms. The molecule has 0 aromatic heterocycles. The van der Waals surface area contributed by atoms with Crippen molar-refractivity contribution in [2.24, 2.45) is 5.92 Å². The van der Waals surface area contributed by atoms with Gasteiger partial charge in [-0.3, -0.25) is 0 Å². The zero-order valence-electron chi connectivity index (χ0n) is 19.0. The maximum absolute atomic E-state index is 2.38. The molecule has 0 fully saturated rings. The Hall–Kier alpha value is -3.64. The minimum absolute atomic E-state index is 0.295. The van der Waals surface area contributed by atoms with Gasteiger partial charge in [-0.15, -0.1) is 0 Å². The van der Waals surface area contributed by atoms with Crippen LogP contribution in [-0.4, -0.2) is 0 Å². The van der Waals surface area contributed by atoms with Crippen LogP contribution in [0.5, 0.6) is 0 Å². The van der Waals surface area contributed by atoms with Gasteiger partial charge in [0, 0.05) is 5.92 Å². The summed E-state index contributed by atoms with van der Waals surface area (Å²) in [5.41, 5.74) is 10.3. The van der Waals surface area contributed by atoms with E-state index >= 15 is 0 Å². The minimum atomic E-state index is 0.295. The molecule has 0 heterocycles. The molecule has 1 atom stereocenters. The lowest BCUT2D eigenvalue weighted by molar-refractivity contribution is 1.09. The summed E-state index contributed by atoms with van der Waals surface area (Å²) < 4.78 is 0. The van der Waals surface area contributed by atoms with Crippen molar-refractivity contribution in [3.05, 3.63) is 124 Å². The third-order valence-electron chi connectivity index (χ3n) is 6.37. The molecule has 0 saturated carbocycles. The predicted molar refractivity (Wildman–Crippen MR) is 142 cm³/mol. The summed E-state index contributed by atoms with van der Waals surface area (Å²) >= 11 is 0. The first-order chi connectivity index (χ1) is 15.7. The quantitative estimate of drug-likeness (QED) is 0.403. The number of aryl methyl sites for hydroxylation is 1. The van der Waals surface area contributed by atoms with E-state index in [1.807, 2.05) is 0 Å². The van der Waals surface area contributed by atoms with Crippen LogP contribution in [-0.2, 0) is 0 Å². The van der Waals surface area contributed by atoms with Crippen LogP contribution in [0.4, 0.5) is 0 Å². The highest BCUT2D eigenvalue weighted by molar-refractivity contribution is 6.01. The topological polar surface area (TPSA) is 0 Å². The SMILES string of the molecule is C/C=C\c1ccc(C2=CC3=CC(C=C2)C=Cc2c3ccc3ccc(/C=C/C)cc23)cc1C. The normalized spacial score (nSPS) is 17.4. The second kappa shape index (κ2) is 8.48. The van der Waals surface area contributed by atoms with Crippen LogP contribution in [0.1, 0.15) is 47.2 Å². The maximum Gasteiger partial charge on any atom is 0.0143 e. The van der Waals surface area contributed by atoms with E-state index in [1.54, 1.807) is 0 Å². The molecule has 2 aliphatic rings. The number of allylic oxidation sites excluding steroid dienone is 9. The lowest BCUT2D eigenvalue weighted by Crippen LogP contribution is -1.91. The van der Waals surface area contributed by atoms with E-state index in [4.69, 9.17) is 0 Å². The fourth-order valence-electron chi connectivity index (χ4n) is 4.73. The molecule has 0 amide bonds. The average Bonchev–Trinajstić information content (AvgIpc) is 3.12. The first-order valence-corrected chi connectivity index (χ1v) is 11.4. The molecule has 0 radical (unpaired) electrons. The number of benzene rings is 3. The lowest BCUT2D eigenvalue weighted by Gasteiger charge is -2.13. The van der Waals surface area contributed by atoms with Crippen molar-refractivity contribution in [3.63, 3.8) is 0 Å². The summed E-state index contributed by atoms with van der Waals surface area (Å²) in [7, 11) is 0. The predicted octanol–water partition coefficient (Wildman–Crippen LogP) is 8.89. The van der Waals surface area contributed by atoms with Gasteiger partial charge in [-0.1, -0.05) is 97.1 Å². The molecule has 5 rings (SSSR count). The van der Waals surface area contributed by atoms with Crippen molar-refractivity contribution in [1.29, 1.82) is 0 Å². The van der Waals surface area contributed by atoms with Gasteiger partial charge in [-0.25, -0.2) is 0 Å². The molecule has 0 N–H and O–H groups in total. The van der Waals surface area contributed by atoms with Gasteiger partial charge in [0.05, 0.1) is 0 Å². The Labute approximate surface area is 191 Å². The van der Waals surface area contributed by atoms with Gasteiger partial charge in [0.25, 0.3) is 0 Å². The molecule has 2 aliphatic carbocycles. The molecule has 0 nitrogen and oxygen atoms in total. The van der Waals surface area contributed by atoms with E-state index < -0.39 is 0 Å². The van der Waals surface area contributed by atoms with Gasteiger partial charge in [0.1, 0.15) is 0 Å². The third kappa shape index (κ3) is 3.74. The second-order valence-corrected chi connectivity index (χ2v) is 8.60. The molecular weight excluding hydrogens is 384 g/mol. The first-order valence-electron chi connectivity index (χ1n) is 11.4. The van der Waals surface area contributed by atoms with E-state index in [1.165, 1.54) is 55.3 Å². The Kier molecular flexibility index (Phi) is 5.37. The molecular formula is C32H28. The van der Waals surface area contributed by atoms with Gasteiger partial charge in [-0.2, -0.15) is 0 Å². The summed E-state index contributed by atoms with van der Waals surface area (Å²) in [6.45, 7) is 6.32. The van der Waals surface area contributed by atoms with E-state index in [2.05, 4.69) is 130 Å². The fourth-order valence-corrected chi connectivity index (χ4v) is 4.73. The number of hydrogen-bond donors (Lipinski definition) is 0. The second-order valence-electron chi connectivity index (χ2n) is 8.60. The van der Waals surface area contributed by atoms with Crippen molar-refractivity contribution in [1.82, 2.24) is 0 Å². The first kappa shape index (κ1) is 20.3. The van der Waals surface area contributed by atoms with Crippen molar-refractivity contribution in [2.45, 2.75) is 20.8 Å². The fraction of sp³-hybridized carbons (Fsp3) is 0.125. The summed E-state index contributed by atoms with van der Waals surface area (Å²) in [5, 5.41) is 2.60. The zero-order valence-corrected chi connectivity index (χ0v) is 19.0. The minimum Gasteiger partial charge on any atom is -0.0871 e. The standard InChI is InChI=1S/C32H28/c1-4-6-23-8-11-26-15-17-30-29-19-24(10-16-31(30)32(26)20-23)9-12-28(21-29)27-14-13-25(7-5-2)22(3)18-27/h4-21,24H,1-3H3/b6-4+,7-5-. The van der Waals surface area contributed by atoms with Crippen molar-refractivity contribution < 1.29 is 0 Å². The van der Waals surface area contributed by atoms with Crippen LogP contribution in [0.3, 0.4) is 0 Å². The Morgan fingerprint density at radius 2 is 1.59 bits per heavy atom. The van der Waals surface area contributed by atoms with Crippen LogP contribution >= 0.6 is 0 Å². The maximum atomic E-state index is 2.38. The smallest absolute Gasteiger partial charge is 0.0143 e. The summed E-state index contributed by atoms with van der Waals surface area (Å²) in [6, 6.07) is 18.0. The molecule has 3 aromatic rings. The van der Waals surface area contributed by atoms with Crippen molar-refractivity contribution >= 4 is 40.1 Å². The Morgan fingerprint density at radius 3 is 2.41 bits per heavy atom. The molecule has 0 saturated heterocycles. The van der Waals surface area contributed by atoms with E-state index in [9.17, 15) is 0 Å². The van der Waals surface area contributed by atoms with Gasteiger partial charge in [0.15, 0.2) is 0 Å². The largest absolute Gasteiger partial charge is 0.0871 e. The Morgan fingerprint density at radius 1 is 0.781 bits per heavy atom. The molecule has 0 spiro atoms. The van der Waals surface area contributed by atoms with E-state index in [-0.39, 0.29) is 0 Å². The van der Waals surface area contributed by atoms with Crippen molar-refractivity contribution in [2.75, 3.05) is 0 Å². The summed E-state index contributed by atoms with van der Waals surface area (Å²) in [6.07, 6.45) is 22.5. The van der Waals surface area contributed by atoms with Crippen LogP contribution in [0.25, 0.3) is 40.1 Å². The van der Waals surface area contributed by atoms with Crippen LogP contribution in [0.2, 0.25) is 0 Å². The van der Waals surface area contributed by atoms with Gasteiger partial charge < -0.3 is 0 Å². The van der Waals surface area contributed by atoms with Gasteiger partial charge in [-0.05, 0) is 88.2 Å². The molecule has 1 unspecified atom stereocenters. The summed E-state index contributed by atoms with van der Waals surface area (Å²) in [4.78, 5) is 0. The number of hydrogen-bond acceptors (Lipinski definition) is 0. The summed E-state index contributed by atoms with van der Waals surface area (Å²) in [5.74, 6) is 0.295. The molecule has 3 aromatic carbocycles. The van der Waals surface area contributed by atoms with Crippen LogP contribution in [0.15, 0.2) is 91.1 Å². The third-order valence-corrected chi connectivity index (χ3v) is 6.37. The Balaban J connectivity index is 1.65. The van der Waals surface area contributed by atoms with E-state index in [0.717, 1.165) is 0 Å². The highest BCUT2D eigenvalue weighted by Gasteiger charge is 2.16. The average molecular weight is 413 g/mol. The van der Waals surface area contributed by atoms with Gasteiger partial charge in [0.2, 0.25) is 0 Å². The van der Waals surface area contributed by atoms with E-state index in [0.29, 0.717) is 5.92 Å². The highest BCUT2D eigenvalue weighted by atomic mass is 14.2. The molecule has 0 aliphatic heterocycles. The number of rotatable bonds is 3. The van der Waals surface area contributed by atoms with Crippen molar-refractivity contribution in [3.8, 4) is 0 Å². The zero-order chi connectivity index (χ0) is 22.1. The van der Waals surface area contributed by atoms with Crippen LogP contribution < -0.4 is 0 Å². The van der Waals surface area contributed by atoms with Crippen LogP contribution in [0, 0.1) is 12.8 Å². The lowest BCUT2D eigenvalue weighted by atomic mass is 9.91. The van der Waals surface area contributed by atoms with Gasteiger partial charge >= 0.3 is 0 Å². The Bertz CT molecular complexity index is 1380.